The Morgan fingerprint density at radius 3 is 2.70 bits per heavy atom. The minimum atomic E-state index is -0.633. The number of hydrogen-bond donors (Lipinski definition) is 0. The Kier molecular flexibility index (Phi) is 6.19. The molecule has 1 atom stereocenters. The maximum atomic E-state index is 13.0. The van der Waals surface area contributed by atoms with Gasteiger partial charge >= 0.3 is 0 Å². The Labute approximate surface area is 150 Å². The lowest BCUT2D eigenvalue weighted by Gasteiger charge is -2.18. The summed E-state index contributed by atoms with van der Waals surface area (Å²) in [5, 5.41) is 0.355. The van der Waals surface area contributed by atoms with E-state index in [1.165, 1.54) is 0 Å². The van der Waals surface area contributed by atoms with Crippen LogP contribution in [-0.2, 0) is 12.6 Å². The molecule has 0 radical (unpaired) electrons. The first-order chi connectivity index (χ1) is 11.0. The van der Waals surface area contributed by atoms with Crippen LogP contribution in [0, 0.1) is 6.92 Å². The average molecular weight is 389 g/mol. The van der Waals surface area contributed by atoms with Crippen molar-refractivity contribution in [2.24, 2.45) is 4.99 Å². The van der Waals surface area contributed by atoms with E-state index in [4.69, 9.17) is 12.6 Å². The van der Waals surface area contributed by atoms with Crippen molar-refractivity contribution in [3.63, 3.8) is 0 Å². The van der Waals surface area contributed by atoms with Crippen LogP contribution in [0.4, 0.5) is 0 Å². The van der Waals surface area contributed by atoms with E-state index in [1.807, 2.05) is 48.1 Å². The van der Waals surface area contributed by atoms with E-state index in [0.29, 0.717) is 17.2 Å². The Balaban J connectivity index is 2.46. The van der Waals surface area contributed by atoms with Gasteiger partial charge in [0.2, 0.25) is 11.8 Å². The number of hydrogen-bond acceptors (Lipinski definition) is 3. The number of nitrogens with zero attached hydrogens (tertiary/aromatic N) is 2. The van der Waals surface area contributed by atoms with Crippen molar-refractivity contribution in [2.45, 2.75) is 13.0 Å². The molecule has 0 saturated carbocycles. The van der Waals surface area contributed by atoms with Gasteiger partial charge in [-0.1, -0.05) is 34.1 Å². The van der Waals surface area contributed by atoms with Crippen molar-refractivity contribution in [3.8, 4) is 0 Å². The lowest BCUT2D eigenvalue weighted by Crippen LogP contribution is -2.47. The number of aryl methyl sites for hydroxylation is 1. The standard InChI is InChI=1S/C18H17BrN2OS/c1-3-10-20-18(23)16(21-11-4-5-13(2)12-21)17(22)14-6-8-15(19)9-7-14/h3-9,11-12,16H,1,10H2,2H3/t16-/m0/s1. The molecule has 0 aliphatic rings. The van der Waals surface area contributed by atoms with Crippen LogP contribution in [0.3, 0.4) is 0 Å². The molecule has 1 aromatic heterocycles. The van der Waals surface area contributed by atoms with Crippen LogP contribution in [0.15, 0.2) is 70.9 Å². The Bertz CT molecular complexity index is 741. The Morgan fingerprint density at radius 1 is 1.39 bits per heavy atom. The van der Waals surface area contributed by atoms with E-state index >= 15 is 0 Å². The van der Waals surface area contributed by atoms with Crippen LogP contribution in [0.1, 0.15) is 22.0 Å². The molecule has 1 heterocycles. The summed E-state index contributed by atoms with van der Waals surface area (Å²) in [6.07, 6.45) is 5.40. The van der Waals surface area contributed by atoms with Gasteiger partial charge in [-0.2, -0.15) is 4.57 Å². The van der Waals surface area contributed by atoms with Crippen molar-refractivity contribution in [1.29, 1.82) is 0 Å². The van der Waals surface area contributed by atoms with Crippen molar-refractivity contribution in [1.82, 2.24) is 0 Å². The fourth-order valence-corrected chi connectivity index (χ4v) is 2.73. The molecule has 0 aliphatic carbocycles. The first kappa shape index (κ1) is 17.5. The SMILES string of the molecule is C=CCN=C([S-])[C@H](C(=O)c1ccc(Br)cc1)[n+]1cccc(C)c1. The molecule has 5 heteroatoms. The van der Waals surface area contributed by atoms with Crippen LogP contribution in [-0.4, -0.2) is 17.4 Å². The number of benzene rings is 1. The molecule has 118 valence electrons. The van der Waals surface area contributed by atoms with E-state index in [9.17, 15) is 4.79 Å². The van der Waals surface area contributed by atoms with Crippen molar-refractivity contribution < 1.29 is 9.36 Å². The van der Waals surface area contributed by atoms with Crippen molar-refractivity contribution in [3.05, 3.63) is 77.0 Å². The second-order valence-corrected chi connectivity index (χ2v) is 6.40. The van der Waals surface area contributed by atoms with E-state index in [0.717, 1.165) is 10.0 Å². The monoisotopic (exact) mass is 388 g/mol. The molecule has 2 rings (SSSR count). The molecule has 0 saturated heterocycles. The van der Waals surface area contributed by atoms with Gasteiger partial charge in [-0.15, -0.1) is 6.58 Å². The van der Waals surface area contributed by atoms with Gasteiger partial charge in [0.1, 0.15) is 0 Å². The van der Waals surface area contributed by atoms with Crippen LogP contribution >= 0.6 is 15.9 Å². The molecule has 23 heavy (non-hydrogen) atoms. The van der Waals surface area contributed by atoms with E-state index in [-0.39, 0.29) is 5.78 Å². The number of pyridine rings is 1. The second kappa shape index (κ2) is 8.13. The quantitative estimate of drug-likeness (QED) is 0.189. The van der Waals surface area contributed by atoms with Gasteiger partial charge in [0.05, 0.1) is 6.54 Å². The third-order valence-corrected chi connectivity index (χ3v) is 4.14. The smallest absolute Gasteiger partial charge is 0.237 e. The van der Waals surface area contributed by atoms with E-state index in [1.54, 1.807) is 18.2 Å². The number of aromatic nitrogens is 1. The van der Waals surface area contributed by atoms with Crippen LogP contribution in [0.25, 0.3) is 0 Å². The number of aliphatic imine (C=N–C) groups is 1. The molecule has 1 aromatic carbocycles. The molecule has 0 N–H and O–H groups in total. The Hall–Kier alpha value is -1.85. The summed E-state index contributed by atoms with van der Waals surface area (Å²) in [5.41, 5.74) is 1.65. The lowest BCUT2D eigenvalue weighted by molar-refractivity contribution is -0.692. The number of halogens is 1. The van der Waals surface area contributed by atoms with E-state index < -0.39 is 6.04 Å². The van der Waals surface area contributed by atoms with Gasteiger partial charge in [-0.25, -0.2) is 0 Å². The number of rotatable bonds is 6. The highest BCUT2D eigenvalue weighted by atomic mass is 79.9. The maximum Gasteiger partial charge on any atom is 0.237 e. The normalized spacial score (nSPS) is 12.7. The topological polar surface area (TPSA) is 33.3 Å². The van der Waals surface area contributed by atoms with Gasteiger partial charge in [0, 0.05) is 21.7 Å². The maximum absolute atomic E-state index is 13.0. The molecule has 0 bridgehead atoms. The number of Topliss-reactive ketones (excluding diaryl/α,β-unsaturated/α-hetero) is 1. The summed E-state index contributed by atoms with van der Waals surface area (Å²) in [6, 6.07) is 10.5. The van der Waals surface area contributed by atoms with Gasteiger partial charge in [0.25, 0.3) is 0 Å². The summed E-state index contributed by atoms with van der Waals surface area (Å²) in [7, 11) is 0. The zero-order valence-electron chi connectivity index (χ0n) is 12.8. The molecule has 2 aromatic rings. The summed E-state index contributed by atoms with van der Waals surface area (Å²) < 4.78 is 2.74. The summed E-state index contributed by atoms with van der Waals surface area (Å²) >= 11 is 8.78. The highest BCUT2D eigenvalue weighted by Gasteiger charge is 2.28. The van der Waals surface area contributed by atoms with Crippen molar-refractivity contribution >= 4 is 39.4 Å². The minimum absolute atomic E-state index is 0.0779. The molecule has 0 amide bonds. The van der Waals surface area contributed by atoms with Gasteiger partial charge in [-0.05, 0) is 30.2 Å². The van der Waals surface area contributed by atoms with E-state index in [2.05, 4.69) is 27.5 Å². The van der Waals surface area contributed by atoms with Crippen molar-refractivity contribution in [2.75, 3.05) is 6.54 Å². The minimum Gasteiger partial charge on any atom is -0.758 e. The Morgan fingerprint density at radius 2 is 2.09 bits per heavy atom. The predicted octanol–water partition coefficient (Wildman–Crippen LogP) is 3.60. The number of ketones is 1. The average Bonchev–Trinajstić information content (AvgIpc) is 2.53. The fraction of sp³-hybridized carbons (Fsp3) is 0.167. The molecular formula is C18H17BrN2OS. The number of carbonyl (C=O) groups is 1. The summed E-state index contributed by atoms with van der Waals surface area (Å²) in [5.74, 6) is -0.0779. The third kappa shape index (κ3) is 4.56. The number of carbonyl (C=O) groups excluding carboxylic acids is 1. The zero-order chi connectivity index (χ0) is 16.8. The molecule has 0 spiro atoms. The molecule has 0 fully saturated rings. The second-order valence-electron chi connectivity index (χ2n) is 5.07. The summed E-state index contributed by atoms with van der Waals surface area (Å²) in [4.78, 5) is 17.2. The van der Waals surface area contributed by atoms with Crippen LogP contribution in [0.5, 0.6) is 0 Å². The predicted molar refractivity (Wildman–Crippen MR) is 98.7 cm³/mol. The van der Waals surface area contributed by atoms with Crippen LogP contribution in [0.2, 0.25) is 0 Å². The zero-order valence-corrected chi connectivity index (χ0v) is 15.2. The van der Waals surface area contributed by atoms with Gasteiger partial charge < -0.3 is 17.6 Å². The van der Waals surface area contributed by atoms with Gasteiger partial charge in [0.15, 0.2) is 12.4 Å². The largest absolute Gasteiger partial charge is 0.758 e. The summed E-state index contributed by atoms with van der Waals surface area (Å²) in [6.45, 7) is 6.01. The highest BCUT2D eigenvalue weighted by Crippen LogP contribution is 2.15. The molecule has 0 unspecified atom stereocenters. The molecule has 3 nitrogen and oxygen atoms in total. The van der Waals surface area contributed by atoms with Crippen LogP contribution < -0.4 is 4.57 Å². The highest BCUT2D eigenvalue weighted by molar-refractivity contribution is 9.10. The fourth-order valence-electron chi connectivity index (χ4n) is 2.16. The third-order valence-electron chi connectivity index (χ3n) is 3.26. The molecular weight excluding hydrogens is 372 g/mol. The first-order valence-electron chi connectivity index (χ1n) is 7.12. The molecule has 0 aliphatic heterocycles. The van der Waals surface area contributed by atoms with Gasteiger partial charge in [-0.3, -0.25) is 4.79 Å². The lowest BCUT2D eigenvalue weighted by atomic mass is 10.0. The first-order valence-corrected chi connectivity index (χ1v) is 8.32.